The Kier molecular flexibility index (Phi) is 9.89. The number of rotatable bonds is 9. The van der Waals surface area contributed by atoms with Crippen LogP contribution in [0.1, 0.15) is 0 Å². The Morgan fingerprint density at radius 3 is 1.21 bits per heavy atom. The predicted molar refractivity (Wildman–Crippen MR) is 280 cm³/mol. The zero-order valence-corrected chi connectivity index (χ0v) is 36.3. The van der Waals surface area contributed by atoms with Crippen molar-refractivity contribution < 1.29 is 0 Å². The van der Waals surface area contributed by atoms with Crippen LogP contribution in [0.4, 0.5) is 17.1 Å². The molecular formula is C64H44N2. The molecule has 0 amide bonds. The maximum absolute atomic E-state index is 2.36. The summed E-state index contributed by atoms with van der Waals surface area (Å²) in [5.41, 5.74) is 20.2. The molecule has 2 nitrogen and oxygen atoms in total. The van der Waals surface area contributed by atoms with Crippen LogP contribution in [-0.2, 0) is 0 Å². The summed E-state index contributed by atoms with van der Waals surface area (Å²) >= 11 is 0. The van der Waals surface area contributed by atoms with Crippen LogP contribution < -0.4 is 4.90 Å². The zero-order chi connectivity index (χ0) is 43.8. The lowest BCUT2D eigenvalue weighted by atomic mass is 9.94. The van der Waals surface area contributed by atoms with E-state index in [-0.39, 0.29) is 0 Å². The van der Waals surface area contributed by atoms with Crippen molar-refractivity contribution in [3.63, 3.8) is 0 Å². The summed E-state index contributed by atoms with van der Waals surface area (Å²) < 4.78 is 2.35. The number of hydrogen-bond donors (Lipinski definition) is 0. The summed E-state index contributed by atoms with van der Waals surface area (Å²) in [5, 5.41) is 3.71. The molecular weight excluding hydrogens is 797 g/mol. The Hall–Kier alpha value is -8.72. The Bertz CT molecular complexity index is 3630. The minimum absolute atomic E-state index is 1.09. The maximum Gasteiger partial charge on any atom is 0.0547 e. The standard InChI is InChI=1S/C64H44N2/c1-4-14-45(15-5-1)47-30-36-56(37-31-47)66(58-40-34-51(35-41-58)60-21-11-10-20-59(60)50-16-6-2-7-17-50)57-38-32-48(33-39-57)46-24-26-49(27-25-46)53-28-29-54-44-65-62-23-13-12-22-61(62)64(52-18-8-3-9-19-52)63(65)43-55(54)42-53/h1-44H. The molecule has 0 bridgehead atoms. The number of anilines is 3. The first kappa shape index (κ1) is 38.9. The topological polar surface area (TPSA) is 7.65 Å². The van der Waals surface area contributed by atoms with Crippen LogP contribution >= 0.6 is 0 Å². The summed E-state index contributed by atoms with van der Waals surface area (Å²) in [6.07, 6.45) is 2.29. The molecule has 0 aliphatic heterocycles. The summed E-state index contributed by atoms with van der Waals surface area (Å²) in [6, 6.07) is 94.4. The molecule has 0 unspecified atom stereocenters. The van der Waals surface area contributed by atoms with Crippen molar-refractivity contribution in [3.05, 3.63) is 267 Å². The molecule has 0 aliphatic carbocycles. The van der Waals surface area contributed by atoms with E-state index in [0.717, 1.165) is 17.1 Å². The van der Waals surface area contributed by atoms with E-state index in [9.17, 15) is 0 Å². The van der Waals surface area contributed by atoms with Gasteiger partial charge in [0.15, 0.2) is 0 Å². The summed E-state index contributed by atoms with van der Waals surface area (Å²) in [4.78, 5) is 2.35. The van der Waals surface area contributed by atoms with E-state index in [0.29, 0.717) is 0 Å². The predicted octanol–water partition coefficient (Wildman–Crippen LogP) is 17.7. The van der Waals surface area contributed by atoms with E-state index >= 15 is 0 Å². The first-order chi connectivity index (χ1) is 32.7. The van der Waals surface area contributed by atoms with Gasteiger partial charge in [-0.25, -0.2) is 0 Å². The van der Waals surface area contributed by atoms with Gasteiger partial charge in [0.2, 0.25) is 0 Å². The molecule has 66 heavy (non-hydrogen) atoms. The van der Waals surface area contributed by atoms with E-state index in [1.54, 1.807) is 0 Å². The Balaban J connectivity index is 0.857. The Morgan fingerprint density at radius 1 is 0.258 bits per heavy atom. The fourth-order valence-electron chi connectivity index (χ4n) is 9.69. The third kappa shape index (κ3) is 7.21. The quantitative estimate of drug-likeness (QED) is 0.140. The highest BCUT2D eigenvalue weighted by molar-refractivity contribution is 6.08. The highest BCUT2D eigenvalue weighted by Gasteiger charge is 2.17. The lowest BCUT2D eigenvalue weighted by Gasteiger charge is -2.26. The molecule has 0 N–H and O–H groups in total. The molecule has 0 spiro atoms. The van der Waals surface area contributed by atoms with Crippen molar-refractivity contribution in [2.75, 3.05) is 4.90 Å². The molecule has 0 radical (unpaired) electrons. The molecule has 0 atom stereocenters. The average molecular weight is 841 g/mol. The molecule has 0 saturated carbocycles. The van der Waals surface area contributed by atoms with Crippen molar-refractivity contribution in [2.24, 2.45) is 0 Å². The normalized spacial score (nSPS) is 11.3. The van der Waals surface area contributed by atoms with Gasteiger partial charge in [-0.2, -0.15) is 0 Å². The molecule has 2 aromatic heterocycles. The first-order valence-corrected chi connectivity index (χ1v) is 22.7. The molecule has 0 saturated heterocycles. The van der Waals surface area contributed by atoms with Gasteiger partial charge in [0.05, 0.1) is 11.0 Å². The summed E-state index contributed by atoms with van der Waals surface area (Å²) in [6.45, 7) is 0. The van der Waals surface area contributed by atoms with Crippen molar-refractivity contribution >= 4 is 44.3 Å². The van der Waals surface area contributed by atoms with Gasteiger partial charge in [0.25, 0.3) is 0 Å². The third-order valence-electron chi connectivity index (χ3n) is 13.0. The molecule has 0 aliphatic rings. The van der Waals surface area contributed by atoms with Crippen LogP contribution in [0, 0.1) is 0 Å². The lowest BCUT2D eigenvalue weighted by Crippen LogP contribution is -2.09. The lowest BCUT2D eigenvalue weighted by molar-refractivity contribution is 1.28. The monoisotopic (exact) mass is 840 g/mol. The highest BCUT2D eigenvalue weighted by atomic mass is 15.1. The van der Waals surface area contributed by atoms with Crippen molar-refractivity contribution in [3.8, 4) is 66.8 Å². The van der Waals surface area contributed by atoms with Crippen molar-refractivity contribution in [1.29, 1.82) is 0 Å². The van der Waals surface area contributed by atoms with Gasteiger partial charge in [-0.1, -0.05) is 206 Å². The van der Waals surface area contributed by atoms with E-state index in [1.165, 1.54) is 94.0 Å². The molecule has 2 heteroatoms. The second-order valence-electron chi connectivity index (χ2n) is 17.0. The smallest absolute Gasteiger partial charge is 0.0547 e. The highest BCUT2D eigenvalue weighted by Crippen LogP contribution is 2.41. The molecule has 12 rings (SSSR count). The zero-order valence-electron chi connectivity index (χ0n) is 36.3. The second-order valence-corrected chi connectivity index (χ2v) is 17.0. The average Bonchev–Trinajstić information content (AvgIpc) is 3.72. The van der Waals surface area contributed by atoms with Crippen LogP contribution in [0.15, 0.2) is 267 Å². The van der Waals surface area contributed by atoms with Gasteiger partial charge in [-0.15, -0.1) is 0 Å². The number of benzene rings is 10. The fourth-order valence-corrected chi connectivity index (χ4v) is 9.69. The van der Waals surface area contributed by atoms with Gasteiger partial charge in [0, 0.05) is 34.2 Å². The number of para-hydroxylation sites is 1. The number of aromatic nitrogens is 1. The van der Waals surface area contributed by atoms with Crippen LogP contribution in [-0.4, -0.2) is 4.40 Å². The number of fused-ring (bicyclic) bond motifs is 4. The maximum atomic E-state index is 2.36. The summed E-state index contributed by atoms with van der Waals surface area (Å²) in [7, 11) is 0. The van der Waals surface area contributed by atoms with Crippen LogP contribution in [0.2, 0.25) is 0 Å². The number of hydrogen-bond acceptors (Lipinski definition) is 1. The fraction of sp³-hybridized carbons (Fsp3) is 0. The van der Waals surface area contributed by atoms with E-state index in [2.05, 4.69) is 276 Å². The van der Waals surface area contributed by atoms with Crippen molar-refractivity contribution in [2.45, 2.75) is 0 Å². The van der Waals surface area contributed by atoms with Gasteiger partial charge in [-0.05, 0) is 127 Å². The van der Waals surface area contributed by atoms with Gasteiger partial charge < -0.3 is 9.30 Å². The Morgan fingerprint density at radius 2 is 0.652 bits per heavy atom. The van der Waals surface area contributed by atoms with E-state index < -0.39 is 0 Å². The second kappa shape index (κ2) is 16.8. The Labute approximate surface area is 385 Å². The summed E-state index contributed by atoms with van der Waals surface area (Å²) in [5.74, 6) is 0. The molecule has 10 aromatic carbocycles. The van der Waals surface area contributed by atoms with Gasteiger partial charge in [0.1, 0.15) is 0 Å². The number of nitrogens with zero attached hydrogens (tertiary/aromatic N) is 2. The first-order valence-electron chi connectivity index (χ1n) is 22.7. The number of pyridine rings is 1. The van der Waals surface area contributed by atoms with Crippen molar-refractivity contribution in [1.82, 2.24) is 4.40 Å². The minimum atomic E-state index is 1.09. The molecule has 12 aromatic rings. The largest absolute Gasteiger partial charge is 0.315 e. The third-order valence-corrected chi connectivity index (χ3v) is 13.0. The van der Waals surface area contributed by atoms with Gasteiger partial charge >= 0.3 is 0 Å². The minimum Gasteiger partial charge on any atom is -0.315 e. The molecule has 0 fully saturated rings. The van der Waals surface area contributed by atoms with Crippen LogP contribution in [0.3, 0.4) is 0 Å². The molecule has 310 valence electrons. The van der Waals surface area contributed by atoms with Crippen LogP contribution in [0.5, 0.6) is 0 Å². The van der Waals surface area contributed by atoms with E-state index in [4.69, 9.17) is 0 Å². The van der Waals surface area contributed by atoms with E-state index in [1.807, 2.05) is 0 Å². The SMILES string of the molecule is c1ccc(-c2ccc(N(c3ccc(-c4ccc(-c5ccc6cn7c(cc6c5)c(-c5ccccc5)c5ccccc57)cc4)cc3)c3ccc(-c4ccccc4-c4ccccc4)cc3)cc2)cc1. The molecule has 2 heterocycles. The van der Waals surface area contributed by atoms with Crippen LogP contribution in [0.25, 0.3) is 94.0 Å². The van der Waals surface area contributed by atoms with Gasteiger partial charge in [-0.3, -0.25) is 0 Å².